The van der Waals surface area contributed by atoms with Gasteiger partial charge in [-0.2, -0.15) is 0 Å². The van der Waals surface area contributed by atoms with Gasteiger partial charge in [0.25, 0.3) is 0 Å². The molecule has 1 fully saturated rings. The Bertz CT molecular complexity index is 432. The van der Waals surface area contributed by atoms with Crippen molar-refractivity contribution in [3.63, 3.8) is 0 Å². The average molecular weight is 252 g/mol. The molecule has 2 atom stereocenters. The van der Waals surface area contributed by atoms with Crippen molar-refractivity contribution in [2.24, 2.45) is 5.92 Å². The number of benzene rings is 1. The van der Waals surface area contributed by atoms with E-state index in [1.165, 1.54) is 0 Å². The Morgan fingerprint density at radius 3 is 2.59 bits per heavy atom. The molecule has 17 heavy (non-hydrogen) atoms. The van der Waals surface area contributed by atoms with Crippen LogP contribution >= 0.6 is 11.6 Å². The minimum atomic E-state index is -0.416. The summed E-state index contributed by atoms with van der Waals surface area (Å²) in [4.78, 5) is 24.6. The van der Waals surface area contributed by atoms with Crippen LogP contribution in [0.3, 0.4) is 0 Å². The summed E-state index contributed by atoms with van der Waals surface area (Å²) >= 11 is 5.45. The lowest BCUT2D eigenvalue weighted by Crippen LogP contribution is -2.28. The topological polar surface area (TPSA) is 37.4 Å². The Hall–Kier alpha value is -1.35. The fourth-order valence-electron chi connectivity index (χ4n) is 2.17. The molecule has 0 spiro atoms. The summed E-state index contributed by atoms with van der Waals surface area (Å²) < 4.78 is 0. The molecule has 2 rings (SSSR count). The third-order valence-corrected chi connectivity index (χ3v) is 3.54. The lowest BCUT2D eigenvalue weighted by Gasteiger charge is -2.24. The first-order chi connectivity index (χ1) is 8.09. The van der Waals surface area contributed by atoms with Gasteiger partial charge in [-0.3, -0.25) is 9.59 Å². The second kappa shape index (κ2) is 4.88. The van der Waals surface area contributed by atoms with Gasteiger partial charge in [0, 0.05) is 13.0 Å². The maximum atomic E-state index is 11.8. The third-order valence-electron chi connectivity index (χ3n) is 3.23. The van der Waals surface area contributed by atoms with Crippen LogP contribution in [0.15, 0.2) is 30.3 Å². The SMILES string of the molecule is C[C@H](c1ccccc1)N1C[C@H](C(=O)Cl)CC1=O. The van der Waals surface area contributed by atoms with E-state index in [0.717, 1.165) is 5.56 Å². The first kappa shape index (κ1) is 12.1. The van der Waals surface area contributed by atoms with E-state index in [1.54, 1.807) is 4.90 Å². The van der Waals surface area contributed by atoms with Gasteiger partial charge in [0.1, 0.15) is 0 Å². The van der Waals surface area contributed by atoms with Crippen molar-refractivity contribution in [2.75, 3.05) is 6.54 Å². The van der Waals surface area contributed by atoms with Crippen LogP contribution in [0.25, 0.3) is 0 Å². The lowest BCUT2D eigenvalue weighted by atomic mass is 10.1. The molecule has 1 heterocycles. The molecule has 4 heteroatoms. The van der Waals surface area contributed by atoms with Crippen LogP contribution in [-0.4, -0.2) is 22.6 Å². The minimum absolute atomic E-state index is 0.000327. The fraction of sp³-hybridized carbons (Fsp3) is 0.385. The van der Waals surface area contributed by atoms with Crippen molar-refractivity contribution in [1.82, 2.24) is 4.90 Å². The average Bonchev–Trinajstić information content (AvgIpc) is 2.72. The van der Waals surface area contributed by atoms with E-state index in [2.05, 4.69) is 0 Å². The second-order valence-corrected chi connectivity index (χ2v) is 4.71. The molecule has 0 unspecified atom stereocenters. The molecule has 0 N–H and O–H groups in total. The molecule has 0 bridgehead atoms. The van der Waals surface area contributed by atoms with Crippen molar-refractivity contribution in [1.29, 1.82) is 0 Å². The number of carbonyl (C=O) groups is 2. The first-order valence-corrected chi connectivity index (χ1v) is 6.01. The molecule has 0 saturated carbocycles. The zero-order valence-corrected chi connectivity index (χ0v) is 10.4. The molecule has 90 valence electrons. The molecule has 1 aliphatic heterocycles. The highest BCUT2D eigenvalue weighted by Gasteiger charge is 2.36. The molecular formula is C13H14ClNO2. The standard InChI is InChI=1S/C13H14ClNO2/c1-9(10-5-3-2-4-6-10)15-8-11(13(14)17)7-12(15)16/h2-6,9,11H,7-8H2,1H3/t9-,11-/m1/s1. The molecule has 1 aromatic rings. The van der Waals surface area contributed by atoms with Gasteiger partial charge in [-0.1, -0.05) is 30.3 Å². The van der Waals surface area contributed by atoms with Crippen molar-refractivity contribution in [3.05, 3.63) is 35.9 Å². The number of halogens is 1. The summed E-state index contributed by atoms with van der Waals surface area (Å²) in [5.74, 6) is -0.351. The minimum Gasteiger partial charge on any atom is -0.335 e. The maximum absolute atomic E-state index is 11.8. The van der Waals surface area contributed by atoms with Crippen molar-refractivity contribution >= 4 is 22.8 Å². The van der Waals surface area contributed by atoms with Crippen molar-refractivity contribution in [3.8, 4) is 0 Å². The number of likely N-dealkylation sites (tertiary alicyclic amines) is 1. The van der Waals surface area contributed by atoms with Gasteiger partial charge in [0.15, 0.2) is 0 Å². The molecule has 1 aliphatic rings. The predicted octanol–water partition coefficient (Wildman–Crippen LogP) is 2.36. The van der Waals surface area contributed by atoms with Crippen molar-refractivity contribution < 1.29 is 9.59 Å². The van der Waals surface area contributed by atoms with Crippen LogP contribution in [0.5, 0.6) is 0 Å². The maximum Gasteiger partial charge on any atom is 0.227 e. The molecule has 0 aromatic heterocycles. The number of carbonyl (C=O) groups excluding carboxylic acids is 2. The normalized spacial score (nSPS) is 21.6. The fourth-order valence-corrected chi connectivity index (χ4v) is 2.32. The van der Waals surface area contributed by atoms with Gasteiger partial charge in [-0.15, -0.1) is 0 Å². The number of rotatable bonds is 3. The van der Waals surface area contributed by atoms with E-state index in [4.69, 9.17) is 11.6 Å². The van der Waals surface area contributed by atoms with Gasteiger partial charge in [-0.25, -0.2) is 0 Å². The number of amides is 1. The van der Waals surface area contributed by atoms with E-state index >= 15 is 0 Å². The van der Waals surface area contributed by atoms with Gasteiger partial charge in [0.05, 0.1) is 12.0 Å². The Morgan fingerprint density at radius 2 is 2.06 bits per heavy atom. The monoisotopic (exact) mass is 251 g/mol. The quantitative estimate of drug-likeness (QED) is 0.774. The summed E-state index contributed by atoms with van der Waals surface area (Å²) in [5, 5.41) is -0.416. The summed E-state index contributed by atoms with van der Waals surface area (Å²) in [6.07, 6.45) is 0.236. The Morgan fingerprint density at radius 1 is 1.41 bits per heavy atom. The van der Waals surface area contributed by atoms with E-state index in [-0.39, 0.29) is 24.3 Å². The van der Waals surface area contributed by atoms with Gasteiger partial charge in [0.2, 0.25) is 11.1 Å². The zero-order chi connectivity index (χ0) is 12.4. The Kier molecular flexibility index (Phi) is 3.48. The molecule has 0 aliphatic carbocycles. The summed E-state index contributed by atoms with van der Waals surface area (Å²) in [6, 6.07) is 9.77. The highest BCUT2D eigenvalue weighted by molar-refractivity contribution is 6.64. The molecule has 1 amide bonds. The van der Waals surface area contributed by atoms with E-state index in [9.17, 15) is 9.59 Å². The second-order valence-electron chi connectivity index (χ2n) is 4.34. The third kappa shape index (κ3) is 2.50. The van der Waals surface area contributed by atoms with Gasteiger partial charge in [-0.05, 0) is 24.1 Å². The molecule has 0 radical (unpaired) electrons. The zero-order valence-electron chi connectivity index (χ0n) is 9.60. The molecular weight excluding hydrogens is 238 g/mol. The Balaban J connectivity index is 2.14. The Labute approximate surface area is 105 Å². The predicted molar refractivity (Wildman–Crippen MR) is 65.5 cm³/mol. The van der Waals surface area contributed by atoms with Gasteiger partial charge < -0.3 is 4.90 Å². The highest BCUT2D eigenvalue weighted by atomic mass is 35.5. The van der Waals surface area contributed by atoms with Gasteiger partial charge >= 0.3 is 0 Å². The molecule has 1 aromatic carbocycles. The van der Waals surface area contributed by atoms with Crippen LogP contribution in [-0.2, 0) is 9.59 Å². The van der Waals surface area contributed by atoms with Crippen LogP contribution in [0.4, 0.5) is 0 Å². The van der Waals surface area contributed by atoms with Crippen LogP contribution in [0, 0.1) is 5.92 Å². The van der Waals surface area contributed by atoms with Crippen LogP contribution in [0.1, 0.15) is 24.9 Å². The number of hydrogen-bond acceptors (Lipinski definition) is 2. The summed E-state index contributed by atoms with van der Waals surface area (Å²) in [7, 11) is 0. The van der Waals surface area contributed by atoms with E-state index in [0.29, 0.717) is 6.54 Å². The van der Waals surface area contributed by atoms with E-state index in [1.807, 2.05) is 37.3 Å². The number of nitrogens with zero attached hydrogens (tertiary/aromatic N) is 1. The van der Waals surface area contributed by atoms with Crippen LogP contribution < -0.4 is 0 Å². The molecule has 3 nitrogen and oxygen atoms in total. The summed E-state index contributed by atoms with van der Waals surface area (Å²) in [5.41, 5.74) is 1.07. The smallest absolute Gasteiger partial charge is 0.227 e. The largest absolute Gasteiger partial charge is 0.335 e. The molecule has 1 saturated heterocycles. The van der Waals surface area contributed by atoms with Crippen molar-refractivity contribution in [2.45, 2.75) is 19.4 Å². The van der Waals surface area contributed by atoms with Crippen LogP contribution in [0.2, 0.25) is 0 Å². The van der Waals surface area contributed by atoms with E-state index < -0.39 is 5.24 Å². The highest BCUT2D eigenvalue weighted by Crippen LogP contribution is 2.29. The summed E-state index contributed by atoms with van der Waals surface area (Å²) in [6.45, 7) is 2.39. The lowest BCUT2D eigenvalue weighted by molar-refractivity contribution is -0.129. The first-order valence-electron chi connectivity index (χ1n) is 5.63. The number of hydrogen-bond donors (Lipinski definition) is 0.